The summed E-state index contributed by atoms with van der Waals surface area (Å²) in [4.78, 5) is 10.2. The van der Waals surface area contributed by atoms with E-state index in [1.54, 1.807) is 0 Å². The number of rotatable bonds is 2. The highest BCUT2D eigenvalue weighted by atomic mass is 16.6. The van der Waals surface area contributed by atoms with Crippen molar-refractivity contribution < 1.29 is 19.7 Å². The number of ether oxygens (including phenoxy) is 1. The summed E-state index contributed by atoms with van der Waals surface area (Å²) in [5, 5.41) is 18.1. The number of hydrogen-bond acceptors (Lipinski definition) is 6. The third-order valence-corrected chi connectivity index (χ3v) is 1.63. The van der Waals surface area contributed by atoms with Gasteiger partial charge in [-0.15, -0.1) is 0 Å². The van der Waals surface area contributed by atoms with Crippen LogP contribution in [0.5, 0.6) is 0 Å². The van der Waals surface area contributed by atoms with Gasteiger partial charge in [-0.3, -0.25) is 5.84 Å². The van der Waals surface area contributed by atoms with Crippen molar-refractivity contribution in [3.8, 4) is 0 Å². The van der Waals surface area contributed by atoms with Gasteiger partial charge >= 0.3 is 0 Å². The van der Waals surface area contributed by atoms with Gasteiger partial charge in [0.15, 0.2) is 12.6 Å². The average Bonchev–Trinajstić information content (AvgIpc) is 2.26. The first kappa shape index (κ1) is 8.57. The van der Waals surface area contributed by atoms with Crippen molar-refractivity contribution in [2.24, 2.45) is 5.84 Å². The zero-order valence-corrected chi connectivity index (χ0v) is 5.68. The summed E-state index contributed by atoms with van der Waals surface area (Å²) in [7, 11) is 0. The minimum atomic E-state index is -1.23. The quantitative estimate of drug-likeness (QED) is 0.197. The second kappa shape index (κ2) is 3.24. The molecule has 0 amide bonds. The number of nitrogens with one attached hydrogen (secondary N) is 1. The van der Waals surface area contributed by atoms with Gasteiger partial charge in [-0.1, -0.05) is 0 Å². The zero-order chi connectivity index (χ0) is 8.43. The molecule has 1 aliphatic rings. The molecule has 5 N–H and O–H groups in total. The molecular weight excluding hydrogens is 152 g/mol. The van der Waals surface area contributed by atoms with Gasteiger partial charge in [0.25, 0.3) is 0 Å². The van der Waals surface area contributed by atoms with Crippen molar-refractivity contribution in [3.05, 3.63) is 0 Å². The van der Waals surface area contributed by atoms with Crippen molar-refractivity contribution in [1.82, 2.24) is 5.43 Å². The molecule has 1 aliphatic heterocycles. The molecule has 0 saturated carbocycles. The highest BCUT2D eigenvalue weighted by molar-refractivity contribution is 5.58. The van der Waals surface area contributed by atoms with Crippen LogP contribution in [0.2, 0.25) is 0 Å². The minimum Gasteiger partial charge on any atom is -0.388 e. The average molecular weight is 162 g/mol. The lowest BCUT2D eigenvalue weighted by molar-refractivity contribution is -0.133. The Hall–Kier alpha value is -0.530. The summed E-state index contributed by atoms with van der Waals surface area (Å²) in [6.45, 7) is 0. The summed E-state index contributed by atoms with van der Waals surface area (Å²) in [5.74, 6) is 4.97. The molecule has 0 aliphatic carbocycles. The first-order chi connectivity index (χ1) is 5.20. The Morgan fingerprint density at radius 1 is 1.55 bits per heavy atom. The molecule has 0 spiro atoms. The smallest absolute Gasteiger partial charge is 0.175 e. The Bertz CT molecular complexity index is 153. The fraction of sp³-hybridized carbons (Fsp3) is 0.800. The maximum absolute atomic E-state index is 10.2. The second-order valence-corrected chi connectivity index (χ2v) is 2.31. The van der Waals surface area contributed by atoms with Gasteiger partial charge in [0.1, 0.15) is 18.2 Å². The Kier molecular flexibility index (Phi) is 2.53. The van der Waals surface area contributed by atoms with E-state index < -0.39 is 24.5 Å². The molecule has 1 saturated heterocycles. The fourth-order valence-electron chi connectivity index (χ4n) is 0.993. The number of aldehydes is 1. The molecule has 0 bridgehead atoms. The SMILES string of the molecule is NNC1C(O)OC(C=O)C1O. The van der Waals surface area contributed by atoms with Crippen LogP contribution in [0.1, 0.15) is 0 Å². The van der Waals surface area contributed by atoms with Crippen molar-refractivity contribution >= 4 is 6.29 Å². The molecule has 11 heavy (non-hydrogen) atoms. The first-order valence-electron chi connectivity index (χ1n) is 3.13. The van der Waals surface area contributed by atoms with E-state index in [2.05, 4.69) is 10.2 Å². The van der Waals surface area contributed by atoms with E-state index in [0.29, 0.717) is 6.29 Å². The lowest BCUT2D eigenvalue weighted by Gasteiger charge is -2.13. The second-order valence-electron chi connectivity index (χ2n) is 2.31. The molecule has 4 atom stereocenters. The number of aliphatic hydroxyl groups excluding tert-OH is 2. The molecule has 0 aromatic carbocycles. The molecule has 6 heteroatoms. The van der Waals surface area contributed by atoms with Crippen LogP contribution in [0.15, 0.2) is 0 Å². The van der Waals surface area contributed by atoms with Gasteiger partial charge in [-0.25, -0.2) is 5.43 Å². The van der Waals surface area contributed by atoms with Crippen molar-refractivity contribution in [2.75, 3.05) is 0 Å². The van der Waals surface area contributed by atoms with Gasteiger partial charge in [0, 0.05) is 0 Å². The van der Waals surface area contributed by atoms with Gasteiger partial charge < -0.3 is 19.7 Å². The number of aliphatic hydroxyl groups is 2. The number of nitrogens with two attached hydrogens (primary N) is 1. The lowest BCUT2D eigenvalue weighted by atomic mass is 10.1. The van der Waals surface area contributed by atoms with Crippen LogP contribution in [-0.4, -0.2) is 41.0 Å². The largest absolute Gasteiger partial charge is 0.388 e. The zero-order valence-electron chi connectivity index (χ0n) is 5.68. The third kappa shape index (κ3) is 1.39. The maximum atomic E-state index is 10.2. The Labute approximate surface area is 62.9 Å². The van der Waals surface area contributed by atoms with E-state index >= 15 is 0 Å². The van der Waals surface area contributed by atoms with Crippen LogP contribution >= 0.6 is 0 Å². The topological polar surface area (TPSA) is 105 Å². The minimum absolute atomic E-state index is 0.422. The van der Waals surface area contributed by atoms with E-state index in [0.717, 1.165) is 0 Å². The van der Waals surface area contributed by atoms with Gasteiger partial charge in [0.05, 0.1) is 0 Å². The van der Waals surface area contributed by atoms with Gasteiger partial charge in [-0.05, 0) is 0 Å². The van der Waals surface area contributed by atoms with Gasteiger partial charge in [-0.2, -0.15) is 0 Å². The van der Waals surface area contributed by atoms with E-state index in [4.69, 9.17) is 16.1 Å². The molecule has 6 nitrogen and oxygen atoms in total. The summed E-state index contributed by atoms with van der Waals surface area (Å²) in [6.07, 6.45) is -2.89. The van der Waals surface area contributed by atoms with Crippen LogP contribution < -0.4 is 11.3 Å². The van der Waals surface area contributed by atoms with Crippen LogP contribution in [0, 0.1) is 0 Å². The van der Waals surface area contributed by atoms with E-state index in [1.807, 2.05) is 0 Å². The first-order valence-corrected chi connectivity index (χ1v) is 3.13. The highest BCUT2D eigenvalue weighted by Gasteiger charge is 2.42. The summed E-state index contributed by atoms with van der Waals surface area (Å²) >= 11 is 0. The van der Waals surface area contributed by atoms with Gasteiger partial charge in [0.2, 0.25) is 0 Å². The van der Waals surface area contributed by atoms with Crippen molar-refractivity contribution in [1.29, 1.82) is 0 Å². The predicted octanol–water partition coefficient (Wildman–Crippen LogP) is -2.90. The van der Waals surface area contributed by atoms with Crippen molar-refractivity contribution in [2.45, 2.75) is 24.5 Å². The monoisotopic (exact) mass is 162 g/mol. The molecule has 1 heterocycles. The Morgan fingerprint density at radius 2 is 2.18 bits per heavy atom. The Morgan fingerprint density at radius 3 is 2.45 bits per heavy atom. The maximum Gasteiger partial charge on any atom is 0.175 e. The number of carbonyl (C=O) groups is 1. The molecular formula is C5H10N2O4. The predicted molar refractivity (Wildman–Crippen MR) is 34.1 cm³/mol. The molecule has 0 radical (unpaired) electrons. The summed E-state index contributed by atoms with van der Waals surface area (Å²) in [5.41, 5.74) is 2.14. The fourth-order valence-corrected chi connectivity index (χ4v) is 0.993. The lowest BCUT2D eigenvalue weighted by Crippen LogP contribution is -2.48. The molecule has 64 valence electrons. The molecule has 0 aromatic heterocycles. The number of hydrazine groups is 1. The number of hydrogen-bond donors (Lipinski definition) is 4. The van der Waals surface area contributed by atoms with Crippen LogP contribution in [0.3, 0.4) is 0 Å². The highest BCUT2D eigenvalue weighted by Crippen LogP contribution is 2.16. The van der Waals surface area contributed by atoms with Crippen LogP contribution in [-0.2, 0) is 9.53 Å². The van der Waals surface area contributed by atoms with E-state index in [9.17, 15) is 4.79 Å². The molecule has 4 unspecified atom stereocenters. The molecule has 0 aromatic rings. The van der Waals surface area contributed by atoms with Crippen LogP contribution in [0.25, 0.3) is 0 Å². The van der Waals surface area contributed by atoms with E-state index in [1.165, 1.54) is 0 Å². The Balaban J connectivity index is 2.62. The molecule has 1 rings (SSSR count). The standard InChI is InChI=1S/C5H10N2O4/c6-7-3-4(9)2(1-8)11-5(3)10/h1-5,7,9-10H,6H2. The summed E-state index contributed by atoms with van der Waals surface area (Å²) < 4.78 is 4.62. The van der Waals surface area contributed by atoms with E-state index in [-0.39, 0.29) is 0 Å². The molecule has 1 fully saturated rings. The summed E-state index contributed by atoms with van der Waals surface area (Å²) in [6, 6.07) is -0.801. The normalized spacial score (nSPS) is 44.3. The van der Waals surface area contributed by atoms with Crippen molar-refractivity contribution in [3.63, 3.8) is 0 Å². The third-order valence-electron chi connectivity index (χ3n) is 1.63. The number of carbonyl (C=O) groups excluding carboxylic acids is 1. The van der Waals surface area contributed by atoms with Crippen LogP contribution in [0.4, 0.5) is 0 Å².